The van der Waals surface area contributed by atoms with E-state index in [4.69, 9.17) is 0 Å². The summed E-state index contributed by atoms with van der Waals surface area (Å²) in [5, 5.41) is 13.0. The maximum absolute atomic E-state index is 12.2. The van der Waals surface area contributed by atoms with Crippen LogP contribution in [0.5, 0.6) is 0 Å². The Balaban J connectivity index is 1.42. The minimum absolute atomic E-state index is 0.102. The molecule has 0 saturated carbocycles. The first kappa shape index (κ1) is 17.0. The number of likely N-dealkylation sites (tertiary alicyclic amines) is 1. The minimum atomic E-state index is 0.102. The topological polar surface area (TPSA) is 58.1 Å². The van der Waals surface area contributed by atoms with E-state index < -0.39 is 0 Å². The van der Waals surface area contributed by atoms with E-state index in [9.17, 15) is 4.79 Å². The number of carbonyl (C=O) groups is 1. The fourth-order valence-electron chi connectivity index (χ4n) is 3.20. The van der Waals surface area contributed by atoms with E-state index in [1.807, 2.05) is 6.92 Å². The molecule has 1 aliphatic rings. The monoisotopic (exact) mass is 344 g/mol. The molecule has 0 spiro atoms. The molecule has 24 heavy (non-hydrogen) atoms. The van der Waals surface area contributed by atoms with E-state index in [1.54, 1.807) is 11.3 Å². The predicted octanol–water partition coefficient (Wildman–Crippen LogP) is 2.38. The highest BCUT2D eigenvalue weighted by Crippen LogP contribution is 2.26. The molecule has 5 nitrogen and oxygen atoms in total. The minimum Gasteiger partial charge on any atom is -0.355 e. The fourth-order valence-corrected chi connectivity index (χ4v) is 3.91. The first-order chi connectivity index (χ1) is 11.7. The van der Waals surface area contributed by atoms with E-state index in [0.29, 0.717) is 19.0 Å². The Kier molecular flexibility index (Phi) is 5.93. The van der Waals surface area contributed by atoms with E-state index in [1.165, 1.54) is 12.0 Å². The van der Waals surface area contributed by atoms with Crippen LogP contribution in [0.1, 0.15) is 34.3 Å². The van der Waals surface area contributed by atoms with Crippen molar-refractivity contribution in [3.8, 4) is 0 Å². The molecule has 0 aliphatic carbocycles. The number of hydrogen-bond donors (Lipinski definition) is 1. The summed E-state index contributed by atoms with van der Waals surface area (Å²) in [6.45, 7) is 5.03. The first-order valence-electron chi connectivity index (χ1n) is 8.53. The molecule has 128 valence electrons. The Bertz CT molecular complexity index is 658. The Morgan fingerprint density at radius 1 is 1.33 bits per heavy atom. The van der Waals surface area contributed by atoms with Gasteiger partial charge >= 0.3 is 0 Å². The van der Waals surface area contributed by atoms with Crippen molar-refractivity contribution in [2.45, 2.75) is 32.1 Å². The number of nitrogens with zero attached hydrogens (tertiary/aromatic N) is 3. The summed E-state index contributed by atoms with van der Waals surface area (Å²) >= 11 is 1.59. The molecule has 2 aromatic rings. The quantitative estimate of drug-likeness (QED) is 0.874. The van der Waals surface area contributed by atoms with Crippen molar-refractivity contribution in [3.63, 3.8) is 0 Å². The molecule has 1 saturated heterocycles. The number of hydrogen-bond acceptors (Lipinski definition) is 5. The summed E-state index contributed by atoms with van der Waals surface area (Å²) in [6, 6.07) is 10.6. The van der Waals surface area contributed by atoms with Crippen LogP contribution >= 0.6 is 11.3 Å². The van der Waals surface area contributed by atoms with Crippen LogP contribution in [0.3, 0.4) is 0 Å². The molecular weight excluding hydrogens is 320 g/mol. The molecule has 2 heterocycles. The van der Waals surface area contributed by atoms with Crippen molar-refractivity contribution in [2.75, 3.05) is 26.2 Å². The van der Waals surface area contributed by atoms with Crippen molar-refractivity contribution in [1.29, 1.82) is 0 Å². The van der Waals surface area contributed by atoms with Crippen LogP contribution in [-0.2, 0) is 11.2 Å². The summed E-state index contributed by atoms with van der Waals surface area (Å²) in [7, 11) is 0. The molecule has 1 atom stereocenters. The van der Waals surface area contributed by atoms with Crippen molar-refractivity contribution in [3.05, 3.63) is 45.9 Å². The van der Waals surface area contributed by atoms with Crippen LogP contribution < -0.4 is 5.32 Å². The van der Waals surface area contributed by atoms with Gasteiger partial charge in [-0.3, -0.25) is 9.69 Å². The van der Waals surface area contributed by atoms with Crippen LogP contribution in [0.2, 0.25) is 0 Å². The summed E-state index contributed by atoms with van der Waals surface area (Å²) in [4.78, 5) is 14.4. The van der Waals surface area contributed by atoms with Crippen molar-refractivity contribution in [2.24, 2.45) is 0 Å². The summed E-state index contributed by atoms with van der Waals surface area (Å²) < 4.78 is 0. The molecule has 1 aromatic carbocycles. The molecule has 1 fully saturated rings. The van der Waals surface area contributed by atoms with E-state index in [-0.39, 0.29) is 5.91 Å². The zero-order valence-electron chi connectivity index (χ0n) is 14.1. The summed E-state index contributed by atoms with van der Waals surface area (Å²) in [5.41, 5.74) is 1.38. The van der Waals surface area contributed by atoms with Gasteiger partial charge in [0.05, 0.1) is 6.54 Å². The molecule has 1 aliphatic heterocycles. The third-order valence-corrected chi connectivity index (χ3v) is 5.27. The van der Waals surface area contributed by atoms with Gasteiger partial charge in [0.25, 0.3) is 0 Å². The van der Waals surface area contributed by atoms with Gasteiger partial charge < -0.3 is 5.32 Å². The zero-order valence-corrected chi connectivity index (χ0v) is 14.9. The van der Waals surface area contributed by atoms with Gasteiger partial charge in [-0.2, -0.15) is 0 Å². The lowest BCUT2D eigenvalue weighted by Gasteiger charge is -2.32. The lowest BCUT2D eigenvalue weighted by atomic mass is 9.91. The third-order valence-electron chi connectivity index (χ3n) is 4.37. The molecule has 0 unspecified atom stereocenters. The lowest BCUT2D eigenvalue weighted by molar-refractivity contribution is -0.122. The van der Waals surface area contributed by atoms with Crippen molar-refractivity contribution >= 4 is 17.2 Å². The highest BCUT2D eigenvalue weighted by Gasteiger charge is 2.22. The second kappa shape index (κ2) is 8.35. The SMILES string of the molecule is Cc1nnc(CCNC(=O)CN2CCC[C@H](c3ccccc3)C2)s1. The Morgan fingerprint density at radius 2 is 2.17 bits per heavy atom. The number of rotatable bonds is 6. The smallest absolute Gasteiger partial charge is 0.234 e. The third kappa shape index (κ3) is 4.85. The van der Waals surface area contributed by atoms with Crippen LogP contribution in [0, 0.1) is 6.92 Å². The standard InChI is InChI=1S/C18H24N4OS/c1-14-20-21-18(24-14)9-10-19-17(23)13-22-11-5-8-16(12-22)15-6-3-2-4-7-15/h2-4,6-7,16H,5,8-13H2,1H3,(H,19,23)/t16-/m0/s1. The second-order valence-electron chi connectivity index (χ2n) is 6.30. The van der Waals surface area contributed by atoms with Gasteiger partial charge in [0.1, 0.15) is 10.0 Å². The number of carbonyl (C=O) groups excluding carboxylic acids is 1. The molecular formula is C18H24N4OS. The van der Waals surface area contributed by atoms with Gasteiger partial charge in [-0.05, 0) is 37.8 Å². The lowest BCUT2D eigenvalue weighted by Crippen LogP contribution is -2.42. The summed E-state index contributed by atoms with van der Waals surface area (Å²) in [5.74, 6) is 0.641. The maximum Gasteiger partial charge on any atom is 0.234 e. The zero-order chi connectivity index (χ0) is 16.8. The van der Waals surface area contributed by atoms with E-state index in [0.717, 1.165) is 35.9 Å². The van der Waals surface area contributed by atoms with Crippen molar-refractivity contribution < 1.29 is 4.79 Å². The van der Waals surface area contributed by atoms with Crippen LogP contribution in [0.25, 0.3) is 0 Å². The number of aromatic nitrogens is 2. The van der Waals surface area contributed by atoms with Gasteiger partial charge in [-0.15, -0.1) is 21.5 Å². The van der Waals surface area contributed by atoms with E-state index in [2.05, 4.69) is 50.7 Å². The molecule has 3 rings (SSSR count). The molecule has 1 aromatic heterocycles. The van der Waals surface area contributed by atoms with Crippen LogP contribution in [0.4, 0.5) is 0 Å². The van der Waals surface area contributed by atoms with Gasteiger partial charge in [0, 0.05) is 19.5 Å². The molecule has 6 heteroatoms. The maximum atomic E-state index is 12.2. The van der Waals surface area contributed by atoms with Crippen molar-refractivity contribution in [1.82, 2.24) is 20.4 Å². The largest absolute Gasteiger partial charge is 0.355 e. The highest BCUT2D eigenvalue weighted by molar-refractivity contribution is 7.11. The Morgan fingerprint density at radius 3 is 2.92 bits per heavy atom. The Labute approximate surface area is 147 Å². The van der Waals surface area contributed by atoms with Crippen LogP contribution in [0.15, 0.2) is 30.3 Å². The molecule has 1 N–H and O–H groups in total. The highest BCUT2D eigenvalue weighted by atomic mass is 32.1. The molecule has 1 amide bonds. The van der Waals surface area contributed by atoms with Gasteiger partial charge in [0.2, 0.25) is 5.91 Å². The molecule has 0 radical (unpaired) electrons. The average molecular weight is 344 g/mol. The number of benzene rings is 1. The average Bonchev–Trinajstić information content (AvgIpc) is 3.01. The number of piperidine rings is 1. The van der Waals surface area contributed by atoms with Crippen LogP contribution in [-0.4, -0.2) is 47.2 Å². The van der Waals surface area contributed by atoms with Gasteiger partial charge in [0.15, 0.2) is 0 Å². The first-order valence-corrected chi connectivity index (χ1v) is 9.35. The Hall–Kier alpha value is -1.79. The normalized spacial score (nSPS) is 18.5. The number of amides is 1. The summed E-state index contributed by atoms with van der Waals surface area (Å²) in [6.07, 6.45) is 3.11. The number of nitrogens with one attached hydrogen (secondary N) is 1. The fraction of sp³-hybridized carbons (Fsp3) is 0.500. The van der Waals surface area contributed by atoms with Gasteiger partial charge in [-0.1, -0.05) is 30.3 Å². The second-order valence-corrected chi connectivity index (χ2v) is 7.57. The molecule has 0 bridgehead atoms. The van der Waals surface area contributed by atoms with Gasteiger partial charge in [-0.25, -0.2) is 0 Å². The number of aryl methyl sites for hydroxylation is 1. The van der Waals surface area contributed by atoms with E-state index >= 15 is 0 Å². The predicted molar refractivity (Wildman–Crippen MR) is 96.2 cm³/mol.